The lowest BCUT2D eigenvalue weighted by atomic mass is 9.92. The molecule has 0 spiro atoms. The molecule has 0 aliphatic carbocycles. The third-order valence-electron chi connectivity index (χ3n) is 3.29. The SMILES string of the molecule is COC(=O)C(=O)[C@H](C(=O)C=C(C)C)C(=O)C(=O)Nc1ccc(Cl)cc1C. The number of nitrogens with one attached hydrogen (secondary N) is 1. The van der Waals surface area contributed by atoms with Gasteiger partial charge >= 0.3 is 5.97 Å². The number of rotatable bonds is 7. The molecule has 26 heavy (non-hydrogen) atoms. The van der Waals surface area contributed by atoms with Crippen LogP contribution in [-0.4, -0.2) is 36.3 Å². The molecule has 1 aromatic rings. The lowest BCUT2D eigenvalue weighted by Crippen LogP contribution is -2.42. The average Bonchev–Trinajstić information content (AvgIpc) is 2.55. The Labute approximate surface area is 155 Å². The van der Waals surface area contributed by atoms with Crippen molar-refractivity contribution in [1.29, 1.82) is 0 Å². The quantitative estimate of drug-likeness (QED) is 0.336. The zero-order valence-electron chi connectivity index (χ0n) is 14.7. The van der Waals surface area contributed by atoms with Crippen molar-refractivity contribution < 1.29 is 28.7 Å². The first kappa shape index (κ1) is 21.2. The number of Topliss-reactive ketones (excluding diaryl/α,β-unsaturated/α-hetero) is 2. The van der Waals surface area contributed by atoms with Crippen molar-refractivity contribution in [3.8, 4) is 0 Å². The Kier molecular flexibility index (Phi) is 7.40. The molecule has 0 bridgehead atoms. The van der Waals surface area contributed by atoms with E-state index in [2.05, 4.69) is 10.1 Å². The first-order valence-electron chi connectivity index (χ1n) is 7.50. The third kappa shape index (κ3) is 5.35. The monoisotopic (exact) mass is 379 g/mol. The first-order chi connectivity index (χ1) is 12.1. The van der Waals surface area contributed by atoms with E-state index in [1.807, 2.05) is 0 Å². The number of esters is 1. The van der Waals surface area contributed by atoms with E-state index in [9.17, 15) is 24.0 Å². The number of allylic oxidation sites excluding steroid dienone is 2. The molecule has 1 aromatic carbocycles. The van der Waals surface area contributed by atoms with Crippen LogP contribution in [0.4, 0.5) is 5.69 Å². The third-order valence-corrected chi connectivity index (χ3v) is 3.52. The van der Waals surface area contributed by atoms with E-state index in [-0.39, 0.29) is 5.69 Å². The molecule has 0 unspecified atom stereocenters. The van der Waals surface area contributed by atoms with Crippen molar-refractivity contribution in [3.63, 3.8) is 0 Å². The maximum absolute atomic E-state index is 12.4. The number of ether oxygens (including phenoxy) is 1. The van der Waals surface area contributed by atoms with E-state index in [0.29, 0.717) is 16.2 Å². The Bertz CT molecular complexity index is 808. The van der Waals surface area contributed by atoms with Crippen molar-refractivity contribution in [2.24, 2.45) is 5.92 Å². The fourth-order valence-corrected chi connectivity index (χ4v) is 2.27. The fraction of sp³-hybridized carbons (Fsp3) is 0.278. The summed E-state index contributed by atoms with van der Waals surface area (Å²) < 4.78 is 4.27. The minimum Gasteiger partial charge on any atom is -0.463 e. The van der Waals surface area contributed by atoms with Crippen LogP contribution in [0.3, 0.4) is 0 Å². The summed E-state index contributed by atoms with van der Waals surface area (Å²) in [6.07, 6.45) is 1.02. The highest BCUT2D eigenvalue weighted by Crippen LogP contribution is 2.20. The second-order valence-corrected chi connectivity index (χ2v) is 6.13. The lowest BCUT2D eigenvalue weighted by Gasteiger charge is -2.12. The van der Waals surface area contributed by atoms with Gasteiger partial charge in [-0.1, -0.05) is 17.2 Å². The lowest BCUT2D eigenvalue weighted by molar-refractivity contribution is -0.157. The number of halogens is 1. The molecule has 0 saturated carbocycles. The Balaban J connectivity index is 3.16. The Morgan fingerprint density at radius 3 is 2.23 bits per heavy atom. The van der Waals surface area contributed by atoms with Gasteiger partial charge in [0.1, 0.15) is 0 Å². The van der Waals surface area contributed by atoms with Gasteiger partial charge in [0.05, 0.1) is 7.11 Å². The van der Waals surface area contributed by atoms with Crippen molar-refractivity contribution in [3.05, 3.63) is 40.4 Å². The second-order valence-electron chi connectivity index (χ2n) is 5.69. The van der Waals surface area contributed by atoms with Gasteiger partial charge in [-0.3, -0.25) is 19.2 Å². The van der Waals surface area contributed by atoms with Gasteiger partial charge in [0.25, 0.3) is 11.7 Å². The van der Waals surface area contributed by atoms with Gasteiger partial charge < -0.3 is 10.1 Å². The highest BCUT2D eigenvalue weighted by atomic mass is 35.5. The summed E-state index contributed by atoms with van der Waals surface area (Å²) in [6, 6.07) is 4.53. The van der Waals surface area contributed by atoms with Gasteiger partial charge in [0.2, 0.25) is 5.78 Å². The van der Waals surface area contributed by atoms with Crippen molar-refractivity contribution in [1.82, 2.24) is 0 Å². The van der Waals surface area contributed by atoms with Crippen LogP contribution < -0.4 is 5.32 Å². The molecule has 0 aromatic heterocycles. The number of methoxy groups -OCH3 is 1. The number of anilines is 1. The van der Waals surface area contributed by atoms with Gasteiger partial charge in [-0.15, -0.1) is 0 Å². The van der Waals surface area contributed by atoms with E-state index < -0.39 is 35.1 Å². The summed E-state index contributed by atoms with van der Waals surface area (Å²) in [7, 11) is 0.935. The molecule has 0 fully saturated rings. The van der Waals surface area contributed by atoms with E-state index >= 15 is 0 Å². The van der Waals surface area contributed by atoms with Crippen molar-refractivity contribution >= 4 is 46.5 Å². The number of carbonyl (C=O) groups excluding carboxylic acids is 5. The predicted octanol–water partition coefficient (Wildman–Crippen LogP) is 2.05. The molecule has 0 heterocycles. The molecule has 8 heteroatoms. The highest BCUT2D eigenvalue weighted by molar-refractivity contribution is 6.55. The summed E-state index contributed by atoms with van der Waals surface area (Å²) in [4.78, 5) is 60.4. The topological polar surface area (TPSA) is 107 Å². The maximum atomic E-state index is 12.4. The van der Waals surface area contributed by atoms with Crippen LogP contribution in [0.2, 0.25) is 5.02 Å². The Morgan fingerprint density at radius 1 is 1.12 bits per heavy atom. The molecule has 1 rings (SSSR count). The van der Waals surface area contributed by atoms with Crippen LogP contribution in [-0.2, 0) is 28.7 Å². The van der Waals surface area contributed by atoms with Gasteiger partial charge in [0.15, 0.2) is 11.7 Å². The number of hydrogen-bond donors (Lipinski definition) is 1. The first-order valence-corrected chi connectivity index (χ1v) is 7.88. The number of benzene rings is 1. The number of hydrogen-bond acceptors (Lipinski definition) is 6. The van der Waals surface area contributed by atoms with E-state index in [0.717, 1.165) is 13.2 Å². The molecule has 1 N–H and O–H groups in total. The van der Waals surface area contributed by atoms with Crippen LogP contribution in [0.15, 0.2) is 29.8 Å². The predicted molar refractivity (Wildman–Crippen MR) is 94.8 cm³/mol. The fourth-order valence-electron chi connectivity index (χ4n) is 2.05. The molecule has 0 aliphatic heterocycles. The summed E-state index contributed by atoms with van der Waals surface area (Å²) in [5.41, 5.74) is 1.36. The average molecular weight is 380 g/mol. The minimum atomic E-state index is -2.09. The van der Waals surface area contributed by atoms with Crippen LogP contribution in [0.5, 0.6) is 0 Å². The molecule has 7 nitrogen and oxygen atoms in total. The zero-order chi connectivity index (χ0) is 20.0. The number of carbonyl (C=O) groups is 5. The Morgan fingerprint density at radius 2 is 1.73 bits per heavy atom. The highest BCUT2D eigenvalue weighted by Gasteiger charge is 2.40. The molecular weight excluding hydrogens is 362 g/mol. The van der Waals surface area contributed by atoms with Gasteiger partial charge in [-0.2, -0.15) is 0 Å². The standard InChI is InChI=1S/C18H18ClNO6/c1-9(2)7-13(21)14(16(23)18(25)26-4)15(22)17(24)20-12-6-5-11(19)8-10(12)3/h5-8,14H,1-4H3,(H,20,24)/t14-/m1/s1. The molecule has 1 amide bonds. The number of amides is 1. The molecule has 0 aliphatic rings. The summed E-state index contributed by atoms with van der Waals surface area (Å²) in [6.45, 7) is 4.79. The van der Waals surface area contributed by atoms with Crippen LogP contribution in [0.25, 0.3) is 0 Å². The summed E-state index contributed by atoms with van der Waals surface area (Å²) >= 11 is 5.82. The number of aryl methyl sites for hydroxylation is 1. The van der Waals surface area contributed by atoms with Crippen LogP contribution >= 0.6 is 11.6 Å². The van der Waals surface area contributed by atoms with E-state index in [4.69, 9.17) is 11.6 Å². The molecule has 1 atom stereocenters. The number of ketones is 3. The van der Waals surface area contributed by atoms with Crippen molar-refractivity contribution in [2.75, 3.05) is 12.4 Å². The minimum absolute atomic E-state index is 0.284. The normalized spacial score (nSPS) is 11.1. The summed E-state index contributed by atoms with van der Waals surface area (Å²) in [5.74, 6) is -8.39. The zero-order valence-corrected chi connectivity index (χ0v) is 15.5. The largest absolute Gasteiger partial charge is 0.463 e. The summed E-state index contributed by atoms with van der Waals surface area (Å²) in [5, 5.41) is 2.75. The molecule has 0 radical (unpaired) electrons. The van der Waals surface area contributed by atoms with Crippen LogP contribution in [0.1, 0.15) is 19.4 Å². The Hall–Kier alpha value is -2.80. The maximum Gasteiger partial charge on any atom is 0.375 e. The van der Waals surface area contributed by atoms with E-state index in [1.165, 1.54) is 12.1 Å². The van der Waals surface area contributed by atoms with Crippen molar-refractivity contribution in [2.45, 2.75) is 20.8 Å². The van der Waals surface area contributed by atoms with E-state index in [1.54, 1.807) is 26.8 Å². The van der Waals surface area contributed by atoms with Gasteiger partial charge in [0, 0.05) is 10.7 Å². The van der Waals surface area contributed by atoms with Gasteiger partial charge in [-0.25, -0.2) is 4.79 Å². The second kappa shape index (κ2) is 9.05. The molecular formula is C18H18ClNO6. The smallest absolute Gasteiger partial charge is 0.375 e. The van der Waals surface area contributed by atoms with Gasteiger partial charge in [-0.05, 0) is 50.6 Å². The van der Waals surface area contributed by atoms with Crippen LogP contribution in [0, 0.1) is 12.8 Å². The molecule has 138 valence electrons. The molecule has 0 saturated heterocycles.